The molecule has 6 heteroatoms. The quantitative estimate of drug-likeness (QED) is 0.364. The third kappa shape index (κ3) is 3.21. The van der Waals surface area contributed by atoms with E-state index in [9.17, 15) is 0 Å². The molecule has 2 heterocycles. The molecule has 0 N–H and O–H groups in total. The first-order chi connectivity index (χ1) is 14.8. The van der Waals surface area contributed by atoms with E-state index in [1.807, 2.05) is 42.9 Å². The molecule has 0 radical (unpaired) electrons. The maximum Gasteiger partial charge on any atom is 0.142 e. The minimum absolute atomic E-state index is 0.736. The zero-order valence-corrected chi connectivity index (χ0v) is 17.4. The van der Waals surface area contributed by atoms with Crippen molar-refractivity contribution in [2.24, 2.45) is 0 Å². The van der Waals surface area contributed by atoms with Crippen LogP contribution >= 0.6 is 11.3 Å². The van der Waals surface area contributed by atoms with Gasteiger partial charge in [0, 0.05) is 28.9 Å². The molecule has 0 amide bonds. The van der Waals surface area contributed by atoms with Gasteiger partial charge < -0.3 is 9.47 Å². The Kier molecular flexibility index (Phi) is 4.69. The topological polar surface area (TPSA) is 49.2 Å². The number of methoxy groups -OCH3 is 2. The summed E-state index contributed by atoms with van der Waals surface area (Å²) in [5.74, 6) is 1.51. The molecular formula is C24H19N3O2S. The highest BCUT2D eigenvalue weighted by Gasteiger charge is 2.13. The zero-order chi connectivity index (χ0) is 20.5. The lowest BCUT2D eigenvalue weighted by molar-refractivity contribution is 0.398. The first kappa shape index (κ1) is 18.4. The van der Waals surface area contributed by atoms with Gasteiger partial charge in [0.25, 0.3) is 0 Å². The van der Waals surface area contributed by atoms with Gasteiger partial charge in [0.15, 0.2) is 0 Å². The molecule has 0 saturated heterocycles. The summed E-state index contributed by atoms with van der Waals surface area (Å²) in [5, 5.41) is 0.942. The molecule has 0 saturated carbocycles. The van der Waals surface area contributed by atoms with Crippen molar-refractivity contribution in [1.82, 2.24) is 14.5 Å². The van der Waals surface area contributed by atoms with Crippen LogP contribution in [0, 0.1) is 0 Å². The molecule has 0 fully saturated rings. The third-order valence-corrected chi connectivity index (χ3v) is 6.12. The van der Waals surface area contributed by atoms with E-state index in [0.29, 0.717) is 0 Å². The van der Waals surface area contributed by atoms with Crippen molar-refractivity contribution in [1.29, 1.82) is 0 Å². The second-order valence-corrected chi connectivity index (χ2v) is 7.76. The van der Waals surface area contributed by atoms with Gasteiger partial charge in [-0.3, -0.25) is 4.57 Å². The van der Waals surface area contributed by atoms with Crippen LogP contribution in [0.3, 0.4) is 0 Å². The lowest BCUT2D eigenvalue weighted by Crippen LogP contribution is -1.94. The van der Waals surface area contributed by atoms with Gasteiger partial charge in [-0.25, -0.2) is 9.97 Å². The second-order valence-electron chi connectivity index (χ2n) is 6.76. The normalized spacial score (nSPS) is 11.0. The molecule has 0 unspecified atom stereocenters. The molecule has 0 spiro atoms. The molecule has 30 heavy (non-hydrogen) atoms. The Labute approximate surface area is 178 Å². The van der Waals surface area contributed by atoms with Crippen LogP contribution in [-0.4, -0.2) is 28.8 Å². The molecule has 5 rings (SSSR count). The van der Waals surface area contributed by atoms with Crippen LogP contribution in [0.2, 0.25) is 0 Å². The van der Waals surface area contributed by atoms with Crippen molar-refractivity contribution in [2.75, 3.05) is 14.2 Å². The fourth-order valence-electron chi connectivity index (χ4n) is 3.46. The van der Waals surface area contributed by atoms with Crippen molar-refractivity contribution < 1.29 is 9.47 Å². The van der Waals surface area contributed by atoms with Crippen LogP contribution in [-0.2, 0) is 0 Å². The van der Waals surface area contributed by atoms with Gasteiger partial charge in [-0.05, 0) is 24.3 Å². The van der Waals surface area contributed by atoms with E-state index in [4.69, 9.17) is 14.5 Å². The van der Waals surface area contributed by atoms with Crippen LogP contribution in [0.4, 0.5) is 0 Å². The van der Waals surface area contributed by atoms with E-state index in [1.54, 1.807) is 25.6 Å². The minimum atomic E-state index is 0.736. The van der Waals surface area contributed by atoms with Gasteiger partial charge in [0.1, 0.15) is 16.5 Å². The average Bonchev–Trinajstić information content (AvgIpc) is 3.46. The molecule has 0 bridgehead atoms. The summed E-state index contributed by atoms with van der Waals surface area (Å²) in [6, 6.07) is 22.4. The number of ether oxygens (including phenoxy) is 2. The SMILES string of the molecule is COc1cc(OC)c2sc(-c3ccc(-n4cncc4-c4ccccc4)cc3)nc2c1. The molecule has 2 aromatic heterocycles. The smallest absolute Gasteiger partial charge is 0.142 e. The van der Waals surface area contributed by atoms with Crippen molar-refractivity contribution >= 4 is 21.6 Å². The Morgan fingerprint density at radius 2 is 1.67 bits per heavy atom. The van der Waals surface area contributed by atoms with Gasteiger partial charge in [-0.2, -0.15) is 0 Å². The van der Waals surface area contributed by atoms with Gasteiger partial charge in [0.05, 0.1) is 42.7 Å². The van der Waals surface area contributed by atoms with E-state index in [0.717, 1.165) is 49.2 Å². The summed E-state index contributed by atoms with van der Waals surface area (Å²) in [7, 11) is 3.31. The number of hydrogen-bond donors (Lipinski definition) is 0. The second kappa shape index (κ2) is 7.65. The van der Waals surface area contributed by atoms with Gasteiger partial charge >= 0.3 is 0 Å². The predicted octanol–water partition coefficient (Wildman–Crippen LogP) is 5.83. The van der Waals surface area contributed by atoms with E-state index in [1.165, 1.54) is 0 Å². The Balaban J connectivity index is 1.52. The van der Waals surface area contributed by atoms with E-state index in [2.05, 4.69) is 45.9 Å². The summed E-state index contributed by atoms with van der Waals surface area (Å²) in [4.78, 5) is 9.14. The first-order valence-corrected chi connectivity index (χ1v) is 10.3. The highest BCUT2D eigenvalue weighted by molar-refractivity contribution is 7.22. The Bertz CT molecular complexity index is 1310. The number of hydrogen-bond acceptors (Lipinski definition) is 5. The first-order valence-electron chi connectivity index (χ1n) is 9.48. The Morgan fingerprint density at radius 1 is 0.867 bits per heavy atom. The molecule has 0 aliphatic heterocycles. The number of nitrogens with zero attached hydrogens (tertiary/aromatic N) is 3. The van der Waals surface area contributed by atoms with Crippen LogP contribution in [0.1, 0.15) is 0 Å². The fourth-order valence-corrected chi connectivity index (χ4v) is 4.50. The summed E-state index contributed by atoms with van der Waals surface area (Å²) in [6.45, 7) is 0. The number of aromatic nitrogens is 3. The number of fused-ring (bicyclic) bond motifs is 1. The van der Waals surface area contributed by atoms with E-state index >= 15 is 0 Å². The monoisotopic (exact) mass is 413 g/mol. The number of imidazole rings is 1. The highest BCUT2D eigenvalue weighted by Crippen LogP contribution is 2.38. The standard InChI is InChI=1S/C24H19N3O2S/c1-28-19-12-20-23(22(13-19)29-2)30-24(26-20)17-8-10-18(11-9-17)27-15-25-14-21(27)16-6-4-3-5-7-16/h3-15H,1-2H3. The maximum absolute atomic E-state index is 5.52. The Hall–Kier alpha value is -3.64. The molecule has 3 aromatic carbocycles. The van der Waals surface area contributed by atoms with Crippen molar-refractivity contribution in [3.8, 4) is 39.0 Å². The molecule has 0 atom stereocenters. The van der Waals surface area contributed by atoms with Crippen LogP contribution in [0.25, 0.3) is 37.7 Å². The van der Waals surface area contributed by atoms with Gasteiger partial charge in [-0.1, -0.05) is 30.3 Å². The summed E-state index contributed by atoms with van der Waals surface area (Å²) in [6.07, 6.45) is 3.72. The number of rotatable bonds is 5. The molecule has 148 valence electrons. The summed E-state index contributed by atoms with van der Waals surface area (Å²) >= 11 is 1.61. The fraction of sp³-hybridized carbons (Fsp3) is 0.0833. The molecule has 5 nitrogen and oxygen atoms in total. The van der Waals surface area contributed by atoms with Crippen LogP contribution in [0.5, 0.6) is 11.5 Å². The largest absolute Gasteiger partial charge is 0.497 e. The Morgan fingerprint density at radius 3 is 2.40 bits per heavy atom. The molecular weight excluding hydrogens is 394 g/mol. The molecule has 5 aromatic rings. The van der Waals surface area contributed by atoms with Crippen LogP contribution < -0.4 is 9.47 Å². The third-order valence-electron chi connectivity index (χ3n) is 4.99. The molecule has 0 aliphatic rings. The number of thiazole rings is 1. The lowest BCUT2D eigenvalue weighted by Gasteiger charge is -2.09. The summed E-state index contributed by atoms with van der Waals surface area (Å²) < 4.78 is 14.0. The predicted molar refractivity (Wildman–Crippen MR) is 121 cm³/mol. The lowest BCUT2D eigenvalue weighted by atomic mass is 10.1. The average molecular weight is 414 g/mol. The van der Waals surface area contributed by atoms with Crippen molar-refractivity contribution in [3.63, 3.8) is 0 Å². The van der Waals surface area contributed by atoms with Crippen molar-refractivity contribution in [2.45, 2.75) is 0 Å². The highest BCUT2D eigenvalue weighted by atomic mass is 32.1. The molecule has 0 aliphatic carbocycles. The maximum atomic E-state index is 5.52. The van der Waals surface area contributed by atoms with Crippen LogP contribution in [0.15, 0.2) is 79.3 Å². The number of benzene rings is 3. The zero-order valence-electron chi connectivity index (χ0n) is 16.6. The minimum Gasteiger partial charge on any atom is -0.497 e. The van der Waals surface area contributed by atoms with E-state index < -0.39 is 0 Å². The van der Waals surface area contributed by atoms with E-state index in [-0.39, 0.29) is 0 Å². The van der Waals surface area contributed by atoms with Gasteiger partial charge in [0.2, 0.25) is 0 Å². The van der Waals surface area contributed by atoms with Crippen molar-refractivity contribution in [3.05, 3.63) is 79.3 Å². The van der Waals surface area contributed by atoms with Gasteiger partial charge in [-0.15, -0.1) is 11.3 Å². The summed E-state index contributed by atoms with van der Waals surface area (Å²) in [5.41, 5.74) is 5.17.